The van der Waals surface area contributed by atoms with Gasteiger partial charge in [0.1, 0.15) is 29.3 Å². The third-order valence-corrected chi connectivity index (χ3v) is 3.26. The van der Waals surface area contributed by atoms with Gasteiger partial charge < -0.3 is 14.8 Å². The first-order chi connectivity index (χ1) is 9.95. The largest absolute Gasteiger partial charge is 0.463 e. The zero-order valence-corrected chi connectivity index (χ0v) is 12.2. The van der Waals surface area contributed by atoms with Gasteiger partial charge in [0.25, 0.3) is 5.78 Å². The summed E-state index contributed by atoms with van der Waals surface area (Å²) in [4.78, 5) is 8.34. The number of aliphatic hydroxyl groups is 1. The highest BCUT2D eigenvalue weighted by Gasteiger charge is 2.27. The maximum Gasteiger partial charge on any atom is 0.254 e. The molecular formula is C14H17N5O2. The van der Waals surface area contributed by atoms with Crippen LogP contribution in [0.15, 0.2) is 28.9 Å². The second kappa shape index (κ2) is 4.85. The Morgan fingerprint density at radius 1 is 1.38 bits per heavy atom. The van der Waals surface area contributed by atoms with Gasteiger partial charge >= 0.3 is 0 Å². The van der Waals surface area contributed by atoms with Gasteiger partial charge in [0, 0.05) is 11.8 Å². The molecule has 0 saturated heterocycles. The summed E-state index contributed by atoms with van der Waals surface area (Å²) in [5.41, 5.74) is -0.301. The van der Waals surface area contributed by atoms with Crippen LogP contribution in [0.3, 0.4) is 0 Å². The van der Waals surface area contributed by atoms with Crippen LogP contribution >= 0.6 is 0 Å². The molecule has 0 aromatic carbocycles. The van der Waals surface area contributed by atoms with Crippen molar-refractivity contribution in [2.24, 2.45) is 0 Å². The number of nitrogens with one attached hydrogen (secondary N) is 1. The van der Waals surface area contributed by atoms with Gasteiger partial charge in [-0.1, -0.05) is 0 Å². The third kappa shape index (κ3) is 2.59. The molecule has 0 fully saturated rings. The van der Waals surface area contributed by atoms with Crippen molar-refractivity contribution in [3.63, 3.8) is 0 Å². The maximum atomic E-state index is 10.5. The third-order valence-electron chi connectivity index (χ3n) is 3.26. The van der Waals surface area contributed by atoms with E-state index in [1.54, 1.807) is 17.5 Å². The van der Waals surface area contributed by atoms with Gasteiger partial charge in [-0.2, -0.15) is 14.6 Å². The smallest absolute Gasteiger partial charge is 0.254 e. The molecule has 7 nitrogen and oxygen atoms in total. The first kappa shape index (κ1) is 13.6. The highest BCUT2D eigenvalue weighted by atomic mass is 16.4. The molecule has 0 aliphatic carbocycles. The summed E-state index contributed by atoms with van der Waals surface area (Å²) in [6.07, 6.45) is 1.45. The monoisotopic (exact) mass is 287 g/mol. The Labute approximate surface area is 121 Å². The van der Waals surface area contributed by atoms with Crippen LogP contribution < -0.4 is 5.32 Å². The summed E-state index contributed by atoms with van der Waals surface area (Å²) in [7, 11) is 0. The van der Waals surface area contributed by atoms with Gasteiger partial charge in [-0.05, 0) is 32.9 Å². The van der Waals surface area contributed by atoms with Crippen molar-refractivity contribution in [2.75, 3.05) is 11.9 Å². The van der Waals surface area contributed by atoms with E-state index < -0.39 is 5.60 Å². The van der Waals surface area contributed by atoms with Crippen LogP contribution in [0.1, 0.15) is 24.1 Å². The van der Waals surface area contributed by atoms with Crippen LogP contribution in [-0.2, 0) is 5.60 Å². The van der Waals surface area contributed by atoms with Crippen molar-refractivity contribution >= 4 is 11.6 Å². The van der Waals surface area contributed by atoms with Gasteiger partial charge in [-0.25, -0.2) is 4.98 Å². The zero-order chi connectivity index (χ0) is 15.0. The molecule has 3 aromatic heterocycles. The van der Waals surface area contributed by atoms with E-state index in [4.69, 9.17) is 4.42 Å². The Morgan fingerprint density at radius 3 is 2.90 bits per heavy atom. The molecule has 0 aliphatic rings. The average Bonchev–Trinajstić information content (AvgIpc) is 3.04. The van der Waals surface area contributed by atoms with Crippen LogP contribution in [0.2, 0.25) is 0 Å². The van der Waals surface area contributed by atoms with E-state index in [9.17, 15) is 5.11 Å². The first-order valence-corrected chi connectivity index (χ1v) is 6.66. The van der Waals surface area contributed by atoms with E-state index in [-0.39, 0.29) is 6.54 Å². The van der Waals surface area contributed by atoms with E-state index in [0.29, 0.717) is 11.5 Å². The fraction of sp³-hybridized carbons (Fsp3) is 0.357. The summed E-state index contributed by atoms with van der Waals surface area (Å²) >= 11 is 0. The average molecular weight is 287 g/mol. The Morgan fingerprint density at radius 2 is 2.19 bits per heavy atom. The summed E-state index contributed by atoms with van der Waals surface area (Å²) in [5.74, 6) is 2.53. The van der Waals surface area contributed by atoms with E-state index in [2.05, 4.69) is 20.4 Å². The molecule has 3 heterocycles. The number of aromatic nitrogens is 4. The predicted octanol–water partition coefficient (Wildman–Crippen LogP) is 1.65. The van der Waals surface area contributed by atoms with Gasteiger partial charge in [0.2, 0.25) is 0 Å². The summed E-state index contributed by atoms with van der Waals surface area (Å²) in [6, 6.07) is 5.46. The summed E-state index contributed by atoms with van der Waals surface area (Å²) < 4.78 is 7.09. The SMILES string of the molecule is Cc1cc(NCC(C)(O)c2ccc(C)o2)n2ncnc2n1. The molecule has 110 valence electrons. The lowest BCUT2D eigenvalue weighted by atomic mass is 10.0. The molecule has 0 aliphatic heterocycles. The minimum absolute atomic E-state index is 0.276. The van der Waals surface area contributed by atoms with Crippen molar-refractivity contribution in [2.45, 2.75) is 26.4 Å². The van der Waals surface area contributed by atoms with E-state index >= 15 is 0 Å². The molecule has 21 heavy (non-hydrogen) atoms. The fourth-order valence-corrected chi connectivity index (χ4v) is 2.13. The number of hydrogen-bond acceptors (Lipinski definition) is 6. The van der Waals surface area contributed by atoms with Gasteiger partial charge in [-0.3, -0.25) is 0 Å². The Balaban J connectivity index is 1.84. The number of anilines is 1. The molecule has 0 radical (unpaired) electrons. The molecular weight excluding hydrogens is 270 g/mol. The zero-order valence-electron chi connectivity index (χ0n) is 12.2. The highest BCUT2D eigenvalue weighted by Crippen LogP contribution is 2.23. The van der Waals surface area contributed by atoms with Gasteiger partial charge in [-0.15, -0.1) is 0 Å². The van der Waals surface area contributed by atoms with Gasteiger partial charge in [0.05, 0.1) is 6.54 Å². The normalized spacial score (nSPS) is 14.3. The minimum atomic E-state index is -1.13. The number of aryl methyl sites for hydroxylation is 2. The standard InChI is InChI=1S/C14H17N5O2/c1-9-6-12(19-13(18-9)16-8-17-19)15-7-14(3,20)11-5-4-10(2)21-11/h4-6,8,15,20H,7H2,1-3H3. The lowest BCUT2D eigenvalue weighted by Gasteiger charge is -2.22. The number of fused-ring (bicyclic) bond motifs is 1. The first-order valence-electron chi connectivity index (χ1n) is 6.66. The Bertz CT molecular complexity index is 775. The minimum Gasteiger partial charge on any atom is -0.463 e. The second-order valence-electron chi connectivity index (χ2n) is 5.29. The van der Waals surface area contributed by atoms with Crippen LogP contribution in [0.25, 0.3) is 5.78 Å². The molecule has 0 spiro atoms. The fourth-order valence-electron chi connectivity index (χ4n) is 2.13. The van der Waals surface area contributed by atoms with Crippen molar-refractivity contribution < 1.29 is 9.52 Å². The maximum absolute atomic E-state index is 10.5. The van der Waals surface area contributed by atoms with Crippen LogP contribution in [0.5, 0.6) is 0 Å². The predicted molar refractivity (Wildman–Crippen MR) is 77.0 cm³/mol. The molecule has 1 atom stereocenters. The molecule has 2 N–H and O–H groups in total. The topological polar surface area (TPSA) is 88.5 Å². The molecule has 1 unspecified atom stereocenters. The number of nitrogens with zero attached hydrogens (tertiary/aromatic N) is 4. The van der Waals surface area contributed by atoms with Crippen molar-refractivity contribution in [1.82, 2.24) is 19.6 Å². The highest BCUT2D eigenvalue weighted by molar-refractivity contribution is 5.45. The number of furan rings is 1. The number of rotatable bonds is 4. The Kier molecular flexibility index (Phi) is 3.13. The summed E-state index contributed by atoms with van der Waals surface area (Å²) in [5, 5.41) is 17.8. The second-order valence-corrected chi connectivity index (χ2v) is 5.29. The molecule has 0 amide bonds. The molecule has 3 aromatic rings. The Hall–Kier alpha value is -2.41. The number of hydrogen-bond donors (Lipinski definition) is 2. The quantitative estimate of drug-likeness (QED) is 0.758. The lowest BCUT2D eigenvalue weighted by Crippen LogP contribution is -2.31. The van der Waals surface area contributed by atoms with E-state index in [1.807, 2.05) is 26.0 Å². The molecule has 7 heteroatoms. The molecule has 0 saturated carbocycles. The van der Waals surface area contributed by atoms with Crippen molar-refractivity contribution in [3.05, 3.63) is 41.7 Å². The lowest BCUT2D eigenvalue weighted by molar-refractivity contribution is 0.0467. The van der Waals surface area contributed by atoms with Crippen LogP contribution in [0.4, 0.5) is 5.82 Å². The molecule has 0 bridgehead atoms. The summed E-state index contributed by atoms with van der Waals surface area (Å²) in [6.45, 7) is 5.70. The van der Waals surface area contributed by atoms with Crippen LogP contribution in [-0.4, -0.2) is 31.2 Å². The van der Waals surface area contributed by atoms with E-state index in [0.717, 1.165) is 17.3 Å². The van der Waals surface area contributed by atoms with Crippen molar-refractivity contribution in [1.29, 1.82) is 0 Å². The van der Waals surface area contributed by atoms with E-state index in [1.165, 1.54) is 6.33 Å². The van der Waals surface area contributed by atoms with Crippen LogP contribution in [0, 0.1) is 13.8 Å². The molecule has 3 rings (SSSR count). The van der Waals surface area contributed by atoms with Crippen molar-refractivity contribution in [3.8, 4) is 0 Å². The van der Waals surface area contributed by atoms with Gasteiger partial charge in [0.15, 0.2) is 0 Å².